The van der Waals surface area contributed by atoms with Crippen LogP contribution in [0.1, 0.15) is 22.3 Å². The topological polar surface area (TPSA) is 46.2 Å². The highest BCUT2D eigenvalue weighted by Gasteiger charge is 2.38. The minimum atomic E-state index is -2.81. The lowest BCUT2D eigenvalue weighted by Crippen LogP contribution is -2.32. The number of nitrogens with two attached hydrogens (primary N) is 1. The van der Waals surface area contributed by atoms with Gasteiger partial charge in [0.05, 0.1) is 0 Å². The van der Waals surface area contributed by atoms with E-state index in [1.165, 1.54) is 22.3 Å². The predicted octanol–water partition coefficient (Wildman–Crippen LogP) is 6.73. The molecule has 2 nitrogen and oxygen atoms in total. The Morgan fingerprint density at radius 2 is 0.688 bits per heavy atom. The molecule has 0 bridgehead atoms. The average molecular weight is 442 g/mol. The van der Waals surface area contributed by atoms with Crippen molar-refractivity contribution in [3.8, 4) is 0 Å². The summed E-state index contributed by atoms with van der Waals surface area (Å²) in [6, 6.07) is 41.9. The van der Waals surface area contributed by atoms with Crippen molar-refractivity contribution < 1.29 is 5.11 Å². The molecule has 0 atom stereocenters. The van der Waals surface area contributed by atoms with Gasteiger partial charge >= 0.3 is 0 Å². The largest absolute Gasteiger partial charge is 0.348 e. The van der Waals surface area contributed by atoms with Gasteiger partial charge in [-0.25, -0.2) is 0 Å². The minimum absolute atomic E-state index is 0.0995. The third kappa shape index (κ3) is 4.91. The molecule has 0 heterocycles. The molecule has 4 aromatic rings. The summed E-state index contributed by atoms with van der Waals surface area (Å²) in [5.41, 5.74) is 11.4. The standard InChI is InChI=1S/C29H31NOS/c30-29(31)32(21-25-13-5-1-6-14-25,22-26-15-7-2-8-16-26,23-27-17-9-3-10-18-27)24-28-19-11-4-12-20-28/h1-20,31H,21-24,30H2. The maximum absolute atomic E-state index is 11.5. The maximum Gasteiger partial charge on any atom is 0.126 e. The Kier molecular flexibility index (Phi) is 6.71. The Morgan fingerprint density at radius 3 is 0.875 bits per heavy atom. The number of rotatable bonds is 8. The smallest absolute Gasteiger partial charge is 0.126 e. The van der Waals surface area contributed by atoms with Gasteiger partial charge < -0.3 is 5.11 Å². The first-order valence-corrected chi connectivity index (χ1v) is 13.6. The summed E-state index contributed by atoms with van der Waals surface area (Å²) in [6.45, 7) is 0. The SMILES string of the molecule is NC(O)=S(Cc1ccccc1)(Cc1ccccc1)(Cc1ccccc1)Cc1ccccc1. The van der Waals surface area contributed by atoms with Gasteiger partial charge in [-0.15, -0.1) is 0 Å². The molecule has 0 unspecified atom stereocenters. The van der Waals surface area contributed by atoms with Gasteiger partial charge in [0, 0.05) is 23.0 Å². The van der Waals surface area contributed by atoms with Gasteiger partial charge in [0.2, 0.25) is 0 Å². The molecule has 3 N–H and O–H groups in total. The summed E-state index contributed by atoms with van der Waals surface area (Å²) in [7, 11) is -2.81. The highest BCUT2D eigenvalue weighted by atomic mass is 32.3. The van der Waals surface area contributed by atoms with E-state index in [2.05, 4.69) is 97.1 Å². The Labute approximate surface area is 191 Å². The van der Waals surface area contributed by atoms with Crippen LogP contribution in [0, 0.1) is 0 Å². The summed E-state index contributed by atoms with van der Waals surface area (Å²) < 4.78 is 0. The van der Waals surface area contributed by atoms with E-state index in [-0.39, 0.29) is 5.17 Å². The molecular weight excluding hydrogens is 410 g/mol. The third-order valence-corrected chi connectivity index (χ3v) is 11.7. The second-order valence-electron chi connectivity index (χ2n) is 8.66. The molecule has 0 spiro atoms. The Morgan fingerprint density at radius 1 is 0.469 bits per heavy atom. The first-order chi connectivity index (χ1) is 15.6. The molecule has 0 radical (unpaired) electrons. The highest BCUT2D eigenvalue weighted by Crippen LogP contribution is 2.68. The van der Waals surface area contributed by atoms with E-state index in [1.807, 2.05) is 24.3 Å². The van der Waals surface area contributed by atoms with Gasteiger partial charge in [-0.05, 0) is 22.3 Å². The van der Waals surface area contributed by atoms with Crippen molar-refractivity contribution in [1.82, 2.24) is 0 Å². The van der Waals surface area contributed by atoms with Crippen LogP contribution in [0.3, 0.4) is 0 Å². The molecule has 0 aliphatic heterocycles. The van der Waals surface area contributed by atoms with Crippen molar-refractivity contribution in [3.63, 3.8) is 0 Å². The van der Waals surface area contributed by atoms with Crippen LogP contribution in [0.15, 0.2) is 121 Å². The van der Waals surface area contributed by atoms with Crippen LogP contribution in [0.5, 0.6) is 0 Å². The van der Waals surface area contributed by atoms with E-state index in [1.54, 1.807) is 0 Å². The van der Waals surface area contributed by atoms with Crippen LogP contribution in [-0.2, 0) is 23.0 Å². The molecule has 0 saturated carbocycles. The molecule has 4 aromatic carbocycles. The predicted molar refractivity (Wildman–Crippen MR) is 140 cm³/mol. The number of aliphatic hydroxyl groups is 1. The van der Waals surface area contributed by atoms with E-state index in [0.29, 0.717) is 0 Å². The van der Waals surface area contributed by atoms with Crippen LogP contribution < -0.4 is 5.73 Å². The number of benzene rings is 4. The number of aliphatic hydroxyl groups excluding tert-OH is 1. The molecule has 0 amide bonds. The van der Waals surface area contributed by atoms with Crippen LogP contribution in [0.4, 0.5) is 0 Å². The monoisotopic (exact) mass is 441 g/mol. The molecule has 3 heteroatoms. The molecule has 0 aliphatic rings. The quantitative estimate of drug-likeness (QED) is 0.298. The first kappa shape index (κ1) is 22.2. The van der Waals surface area contributed by atoms with Gasteiger partial charge in [-0.3, -0.25) is 5.73 Å². The fraction of sp³-hybridized carbons (Fsp3) is 0.138. The normalized spacial score (nSPS) is 12.6. The summed E-state index contributed by atoms with van der Waals surface area (Å²) >= 11 is 0. The summed E-state index contributed by atoms with van der Waals surface area (Å²) in [4.78, 5) is 0. The fourth-order valence-electron chi connectivity index (χ4n) is 4.65. The van der Waals surface area contributed by atoms with Crippen LogP contribution in [0.25, 0.3) is 0 Å². The average Bonchev–Trinajstić information content (AvgIpc) is 2.82. The van der Waals surface area contributed by atoms with Crippen molar-refractivity contribution in [2.75, 3.05) is 0 Å². The zero-order chi connectivity index (χ0) is 22.3. The molecule has 32 heavy (non-hydrogen) atoms. The van der Waals surface area contributed by atoms with E-state index >= 15 is 0 Å². The van der Waals surface area contributed by atoms with Crippen molar-refractivity contribution in [3.05, 3.63) is 144 Å². The van der Waals surface area contributed by atoms with Crippen LogP contribution in [-0.4, -0.2) is 10.3 Å². The fourth-order valence-corrected chi connectivity index (χ4v) is 10.1. The van der Waals surface area contributed by atoms with Crippen molar-refractivity contribution >= 4 is 13.9 Å². The molecular formula is C29H31NOS. The van der Waals surface area contributed by atoms with Gasteiger partial charge in [0.15, 0.2) is 0 Å². The number of hydrogen-bond donors (Lipinski definition) is 2. The van der Waals surface area contributed by atoms with Gasteiger partial charge in [0.1, 0.15) is 5.17 Å². The van der Waals surface area contributed by atoms with Crippen molar-refractivity contribution in [2.45, 2.75) is 23.0 Å². The molecule has 0 saturated heterocycles. The zero-order valence-electron chi connectivity index (χ0n) is 18.3. The van der Waals surface area contributed by atoms with E-state index < -0.39 is 8.75 Å². The lowest BCUT2D eigenvalue weighted by Gasteiger charge is -2.51. The second kappa shape index (κ2) is 9.66. The first-order valence-electron chi connectivity index (χ1n) is 10.9. The molecule has 0 aliphatic carbocycles. The minimum Gasteiger partial charge on any atom is -0.348 e. The zero-order valence-corrected chi connectivity index (χ0v) is 19.1. The van der Waals surface area contributed by atoms with E-state index in [0.717, 1.165) is 23.0 Å². The van der Waals surface area contributed by atoms with Gasteiger partial charge in [-0.1, -0.05) is 121 Å². The summed E-state index contributed by atoms with van der Waals surface area (Å²) in [5.74, 6) is 2.94. The summed E-state index contributed by atoms with van der Waals surface area (Å²) in [5, 5.41) is 11.6. The van der Waals surface area contributed by atoms with E-state index in [9.17, 15) is 5.11 Å². The Bertz CT molecular complexity index is 1010. The van der Waals surface area contributed by atoms with Gasteiger partial charge in [-0.2, -0.15) is 8.75 Å². The molecule has 164 valence electrons. The highest BCUT2D eigenvalue weighted by molar-refractivity contribution is 8.45. The van der Waals surface area contributed by atoms with Crippen LogP contribution in [0.2, 0.25) is 0 Å². The lowest BCUT2D eigenvalue weighted by molar-refractivity contribution is 0.557. The molecule has 4 rings (SSSR count). The van der Waals surface area contributed by atoms with Crippen molar-refractivity contribution in [2.24, 2.45) is 5.73 Å². The summed E-state index contributed by atoms with van der Waals surface area (Å²) in [6.07, 6.45) is 0. The van der Waals surface area contributed by atoms with E-state index in [4.69, 9.17) is 5.73 Å². The second-order valence-corrected chi connectivity index (χ2v) is 13.8. The molecule has 0 aromatic heterocycles. The van der Waals surface area contributed by atoms with Crippen molar-refractivity contribution in [1.29, 1.82) is 0 Å². The Balaban J connectivity index is 1.98. The van der Waals surface area contributed by atoms with Gasteiger partial charge in [0.25, 0.3) is 0 Å². The molecule has 0 fully saturated rings. The third-order valence-electron chi connectivity index (χ3n) is 6.14. The number of hydrogen-bond acceptors (Lipinski definition) is 0. The van der Waals surface area contributed by atoms with Crippen LogP contribution >= 0.6 is 8.75 Å². The Hall–Kier alpha value is -2.98. The maximum atomic E-state index is 11.5. The lowest BCUT2D eigenvalue weighted by atomic mass is 10.2.